The number of aromatic nitrogens is 5. The molecule has 0 radical (unpaired) electrons. The van der Waals surface area contributed by atoms with Crippen LogP contribution < -0.4 is 5.56 Å². The molecular formula is C21H25BrN6O. The highest BCUT2D eigenvalue weighted by molar-refractivity contribution is 9.10. The zero-order valence-corrected chi connectivity index (χ0v) is 18.1. The monoisotopic (exact) mass is 456 g/mol. The predicted molar refractivity (Wildman–Crippen MR) is 115 cm³/mol. The van der Waals surface area contributed by atoms with E-state index in [1.54, 1.807) is 6.20 Å². The first-order valence-corrected chi connectivity index (χ1v) is 11.2. The Morgan fingerprint density at radius 1 is 1.21 bits per heavy atom. The van der Waals surface area contributed by atoms with Crippen molar-refractivity contribution < 1.29 is 0 Å². The van der Waals surface area contributed by atoms with Crippen molar-refractivity contribution in [1.82, 2.24) is 29.6 Å². The molecular weight excluding hydrogens is 432 g/mol. The van der Waals surface area contributed by atoms with E-state index < -0.39 is 0 Å². The number of pyridine rings is 1. The van der Waals surface area contributed by atoms with Crippen LogP contribution in [0.4, 0.5) is 0 Å². The van der Waals surface area contributed by atoms with Gasteiger partial charge in [0.25, 0.3) is 5.56 Å². The van der Waals surface area contributed by atoms with Crippen LogP contribution in [0.5, 0.6) is 0 Å². The van der Waals surface area contributed by atoms with Crippen LogP contribution >= 0.6 is 15.9 Å². The van der Waals surface area contributed by atoms with E-state index in [1.807, 2.05) is 16.8 Å². The topological polar surface area (TPSA) is 79.7 Å². The van der Waals surface area contributed by atoms with Gasteiger partial charge < -0.3 is 4.98 Å². The molecule has 1 aliphatic heterocycles. The third kappa shape index (κ3) is 3.53. The molecule has 2 fully saturated rings. The number of aromatic amines is 1. The Morgan fingerprint density at radius 2 is 2.03 bits per heavy atom. The molecule has 0 spiro atoms. The van der Waals surface area contributed by atoms with Gasteiger partial charge in [-0.05, 0) is 60.8 Å². The summed E-state index contributed by atoms with van der Waals surface area (Å²) in [5.41, 5.74) is 1.75. The Hall–Kier alpha value is -2.06. The van der Waals surface area contributed by atoms with Crippen LogP contribution in [0.1, 0.15) is 68.5 Å². The molecule has 8 heteroatoms. The molecule has 3 aromatic heterocycles. The van der Waals surface area contributed by atoms with E-state index in [-0.39, 0.29) is 11.6 Å². The fourth-order valence-electron chi connectivity index (χ4n) is 4.77. The van der Waals surface area contributed by atoms with Crippen LogP contribution in [0.25, 0.3) is 11.0 Å². The smallest absolute Gasteiger partial charge is 0.262 e. The van der Waals surface area contributed by atoms with Crippen LogP contribution in [0, 0.1) is 0 Å². The van der Waals surface area contributed by atoms with Crippen molar-refractivity contribution in [2.45, 2.75) is 57.0 Å². The molecule has 7 nitrogen and oxygen atoms in total. The Labute approximate surface area is 177 Å². The first-order valence-electron chi connectivity index (χ1n) is 10.4. The fourth-order valence-corrected chi connectivity index (χ4v) is 5.13. The van der Waals surface area contributed by atoms with E-state index in [1.165, 1.54) is 12.8 Å². The molecule has 5 rings (SSSR count). The Balaban J connectivity index is 1.41. The molecule has 29 heavy (non-hydrogen) atoms. The molecule has 1 saturated heterocycles. The SMILES string of the molecule is C[C@H](c1nc2c(cnn2C2CCCC2)c(=O)[nH]1)N1CCC(c2cccc(Br)n2)C1. The van der Waals surface area contributed by atoms with Crippen molar-refractivity contribution in [2.75, 3.05) is 13.1 Å². The van der Waals surface area contributed by atoms with Crippen molar-refractivity contribution in [3.8, 4) is 0 Å². The summed E-state index contributed by atoms with van der Waals surface area (Å²) in [5.74, 6) is 1.12. The lowest BCUT2D eigenvalue weighted by molar-refractivity contribution is 0.249. The van der Waals surface area contributed by atoms with Gasteiger partial charge in [-0.25, -0.2) is 14.6 Å². The lowest BCUT2D eigenvalue weighted by Gasteiger charge is -2.23. The van der Waals surface area contributed by atoms with Gasteiger partial charge in [-0.15, -0.1) is 0 Å². The van der Waals surface area contributed by atoms with Gasteiger partial charge in [0.1, 0.15) is 15.8 Å². The quantitative estimate of drug-likeness (QED) is 0.601. The molecule has 2 aliphatic rings. The summed E-state index contributed by atoms with van der Waals surface area (Å²) >= 11 is 3.47. The highest BCUT2D eigenvalue weighted by atomic mass is 79.9. The largest absolute Gasteiger partial charge is 0.309 e. The summed E-state index contributed by atoms with van der Waals surface area (Å²) in [7, 11) is 0. The third-order valence-electron chi connectivity index (χ3n) is 6.47. The van der Waals surface area contributed by atoms with Crippen LogP contribution in [-0.4, -0.2) is 42.7 Å². The number of likely N-dealkylation sites (tertiary alicyclic amines) is 1. The minimum absolute atomic E-state index is 0.0381. The summed E-state index contributed by atoms with van der Waals surface area (Å²) in [6.07, 6.45) is 7.39. The lowest BCUT2D eigenvalue weighted by atomic mass is 10.0. The molecule has 4 heterocycles. The standard InChI is InChI=1S/C21H25BrN6O/c1-13(27-10-9-14(12-27)17-7-4-8-18(22)24-17)19-25-20-16(21(29)26-19)11-23-28(20)15-5-2-3-6-15/h4,7-8,11,13-15H,2-3,5-6,9-10,12H2,1H3,(H,25,26,29)/t13-,14?/m1/s1. The number of hydrogen-bond acceptors (Lipinski definition) is 5. The summed E-state index contributed by atoms with van der Waals surface area (Å²) in [6.45, 7) is 4.00. The van der Waals surface area contributed by atoms with Gasteiger partial charge in [-0.1, -0.05) is 18.9 Å². The molecule has 152 valence electrons. The van der Waals surface area contributed by atoms with E-state index in [0.717, 1.165) is 54.1 Å². The van der Waals surface area contributed by atoms with Crippen LogP contribution in [0.3, 0.4) is 0 Å². The second-order valence-electron chi connectivity index (χ2n) is 8.26. The number of nitrogens with zero attached hydrogens (tertiary/aromatic N) is 5. The fraction of sp³-hybridized carbons (Fsp3) is 0.524. The predicted octanol–water partition coefficient (Wildman–Crippen LogP) is 3.94. The van der Waals surface area contributed by atoms with Crippen molar-refractivity contribution in [1.29, 1.82) is 0 Å². The second-order valence-corrected chi connectivity index (χ2v) is 9.07. The van der Waals surface area contributed by atoms with Gasteiger partial charge in [-0.3, -0.25) is 9.69 Å². The first kappa shape index (κ1) is 18.9. The van der Waals surface area contributed by atoms with Gasteiger partial charge >= 0.3 is 0 Å². The van der Waals surface area contributed by atoms with Crippen LogP contribution in [0.2, 0.25) is 0 Å². The Kier molecular flexibility index (Phi) is 4.99. The number of halogens is 1. The maximum absolute atomic E-state index is 12.7. The highest BCUT2D eigenvalue weighted by Crippen LogP contribution is 2.33. The minimum Gasteiger partial charge on any atom is -0.309 e. The van der Waals surface area contributed by atoms with Crippen molar-refractivity contribution in [3.05, 3.63) is 50.9 Å². The number of rotatable bonds is 4. The Bertz CT molecular complexity index is 1090. The maximum atomic E-state index is 12.7. The molecule has 1 saturated carbocycles. The van der Waals surface area contributed by atoms with Gasteiger partial charge in [0.15, 0.2) is 5.65 Å². The number of hydrogen-bond donors (Lipinski definition) is 1. The summed E-state index contributed by atoms with van der Waals surface area (Å²) in [5, 5.41) is 5.09. The molecule has 0 bridgehead atoms. The van der Waals surface area contributed by atoms with E-state index >= 15 is 0 Å². The van der Waals surface area contributed by atoms with Crippen molar-refractivity contribution in [2.24, 2.45) is 0 Å². The van der Waals surface area contributed by atoms with E-state index in [4.69, 9.17) is 4.98 Å². The average molecular weight is 457 g/mol. The van der Waals surface area contributed by atoms with Crippen molar-refractivity contribution >= 4 is 27.0 Å². The van der Waals surface area contributed by atoms with Crippen molar-refractivity contribution in [3.63, 3.8) is 0 Å². The summed E-state index contributed by atoms with van der Waals surface area (Å²) in [4.78, 5) is 27.6. The first-order chi connectivity index (χ1) is 14.1. The Morgan fingerprint density at radius 3 is 2.83 bits per heavy atom. The zero-order valence-electron chi connectivity index (χ0n) is 16.5. The normalized spacial score (nSPS) is 21.9. The third-order valence-corrected chi connectivity index (χ3v) is 6.91. The lowest BCUT2D eigenvalue weighted by Crippen LogP contribution is -2.28. The molecule has 1 unspecified atom stereocenters. The number of H-pyrrole nitrogens is 1. The van der Waals surface area contributed by atoms with Gasteiger partial charge in [0.2, 0.25) is 0 Å². The van der Waals surface area contributed by atoms with Gasteiger partial charge in [0.05, 0.1) is 18.3 Å². The maximum Gasteiger partial charge on any atom is 0.262 e. The average Bonchev–Trinajstić information content (AvgIpc) is 3.46. The molecule has 0 aromatic carbocycles. The minimum atomic E-state index is -0.0921. The highest BCUT2D eigenvalue weighted by Gasteiger charge is 2.30. The number of fused-ring (bicyclic) bond motifs is 1. The van der Waals surface area contributed by atoms with E-state index in [9.17, 15) is 4.79 Å². The molecule has 1 aliphatic carbocycles. The molecule has 3 aromatic rings. The summed E-state index contributed by atoms with van der Waals surface area (Å²) < 4.78 is 2.85. The van der Waals surface area contributed by atoms with Crippen LogP contribution in [-0.2, 0) is 0 Å². The molecule has 0 amide bonds. The molecule has 2 atom stereocenters. The van der Waals surface area contributed by atoms with E-state index in [0.29, 0.717) is 17.3 Å². The zero-order chi connectivity index (χ0) is 20.0. The molecule has 1 N–H and O–H groups in total. The number of nitrogens with one attached hydrogen (secondary N) is 1. The summed E-state index contributed by atoms with van der Waals surface area (Å²) in [6, 6.07) is 6.49. The van der Waals surface area contributed by atoms with Crippen LogP contribution in [0.15, 0.2) is 33.8 Å². The second kappa shape index (κ2) is 7.65. The van der Waals surface area contributed by atoms with Gasteiger partial charge in [-0.2, -0.15) is 5.10 Å². The van der Waals surface area contributed by atoms with Gasteiger partial charge in [0, 0.05) is 18.2 Å². The van der Waals surface area contributed by atoms with E-state index in [2.05, 4.69) is 48.9 Å².